The van der Waals surface area contributed by atoms with E-state index in [1.165, 1.54) is 11.3 Å². The van der Waals surface area contributed by atoms with E-state index in [0.717, 1.165) is 25.8 Å². The van der Waals surface area contributed by atoms with E-state index in [0.29, 0.717) is 6.42 Å². The van der Waals surface area contributed by atoms with Gasteiger partial charge >= 0.3 is 0 Å². The van der Waals surface area contributed by atoms with Gasteiger partial charge in [0.1, 0.15) is 0 Å². The van der Waals surface area contributed by atoms with Gasteiger partial charge in [0.05, 0.1) is 5.54 Å². The molecule has 0 fully saturated rings. The molecular formula is C16H27N3O. The largest absolute Gasteiger partial charge is 0.375 e. The van der Waals surface area contributed by atoms with Crippen LogP contribution in [-0.2, 0) is 11.2 Å². The van der Waals surface area contributed by atoms with Gasteiger partial charge in [-0.05, 0) is 50.3 Å². The second kappa shape index (κ2) is 7.29. The Hall–Kier alpha value is -1.55. The number of aryl methyl sites for hydroxylation is 1. The third-order valence-electron chi connectivity index (χ3n) is 3.79. The number of amides is 1. The summed E-state index contributed by atoms with van der Waals surface area (Å²) in [6.07, 6.45) is 3.58. The molecule has 0 saturated heterocycles. The molecule has 1 unspecified atom stereocenters. The Labute approximate surface area is 122 Å². The Morgan fingerprint density at radius 1 is 1.25 bits per heavy atom. The van der Waals surface area contributed by atoms with Crippen LogP contribution in [0.4, 0.5) is 5.69 Å². The first-order chi connectivity index (χ1) is 9.36. The minimum Gasteiger partial charge on any atom is -0.375 e. The highest BCUT2D eigenvalue weighted by Gasteiger charge is 2.24. The number of hydrogen-bond acceptors (Lipinski definition) is 3. The number of hydrogen-bond donors (Lipinski definition) is 2. The van der Waals surface area contributed by atoms with Crippen LogP contribution in [0.1, 0.15) is 38.7 Å². The van der Waals surface area contributed by atoms with Gasteiger partial charge < -0.3 is 16.4 Å². The lowest BCUT2D eigenvalue weighted by molar-refractivity contribution is -0.122. The lowest BCUT2D eigenvalue weighted by atomic mass is 9.95. The fourth-order valence-corrected chi connectivity index (χ4v) is 2.08. The summed E-state index contributed by atoms with van der Waals surface area (Å²) in [5, 5.41) is 0. The number of anilines is 1. The molecule has 0 radical (unpaired) electrons. The maximum absolute atomic E-state index is 11.1. The van der Waals surface area contributed by atoms with Crippen LogP contribution >= 0.6 is 0 Å². The van der Waals surface area contributed by atoms with Gasteiger partial charge in [0.25, 0.3) is 0 Å². The molecule has 0 aliphatic heterocycles. The fourth-order valence-electron chi connectivity index (χ4n) is 2.08. The molecule has 1 atom stereocenters. The van der Waals surface area contributed by atoms with Crippen molar-refractivity contribution in [1.82, 2.24) is 0 Å². The molecule has 0 aromatic heterocycles. The zero-order chi connectivity index (χ0) is 15.2. The third-order valence-corrected chi connectivity index (χ3v) is 3.79. The van der Waals surface area contributed by atoms with E-state index in [2.05, 4.69) is 43.1 Å². The summed E-state index contributed by atoms with van der Waals surface area (Å²) in [5.74, 6) is -0.430. The van der Waals surface area contributed by atoms with Crippen LogP contribution in [0, 0.1) is 0 Å². The van der Waals surface area contributed by atoms with Crippen LogP contribution in [0.5, 0.6) is 0 Å². The van der Waals surface area contributed by atoms with E-state index in [9.17, 15) is 4.79 Å². The van der Waals surface area contributed by atoms with Gasteiger partial charge in [0.15, 0.2) is 0 Å². The molecule has 0 spiro atoms. The quantitative estimate of drug-likeness (QED) is 0.714. The van der Waals surface area contributed by atoms with Crippen molar-refractivity contribution >= 4 is 11.6 Å². The second-order valence-corrected chi connectivity index (χ2v) is 5.68. The zero-order valence-corrected chi connectivity index (χ0v) is 12.9. The summed E-state index contributed by atoms with van der Waals surface area (Å²) >= 11 is 0. The van der Waals surface area contributed by atoms with Crippen molar-refractivity contribution in [2.75, 3.05) is 18.5 Å². The Morgan fingerprint density at radius 3 is 2.35 bits per heavy atom. The summed E-state index contributed by atoms with van der Waals surface area (Å²) in [6.45, 7) is 4.80. The van der Waals surface area contributed by atoms with Gasteiger partial charge in [-0.25, -0.2) is 0 Å². The fraction of sp³-hybridized carbons (Fsp3) is 0.562. The number of benzene rings is 1. The summed E-state index contributed by atoms with van der Waals surface area (Å²) in [7, 11) is 2.08. The van der Waals surface area contributed by atoms with Gasteiger partial charge in [-0.2, -0.15) is 0 Å². The minimum atomic E-state index is -0.888. The van der Waals surface area contributed by atoms with Crippen molar-refractivity contribution in [2.45, 2.75) is 45.1 Å². The predicted octanol–water partition coefficient (Wildman–Crippen LogP) is 2.06. The number of rotatable bonds is 8. The van der Waals surface area contributed by atoms with Crippen LogP contribution < -0.4 is 16.4 Å². The maximum atomic E-state index is 11.1. The van der Waals surface area contributed by atoms with Crippen molar-refractivity contribution in [2.24, 2.45) is 11.5 Å². The summed E-state index contributed by atoms with van der Waals surface area (Å²) in [6, 6.07) is 8.62. The van der Waals surface area contributed by atoms with Crippen LogP contribution in [0.2, 0.25) is 0 Å². The SMILES string of the molecule is CCc1ccc(N(C)CCCCC(C)(N)C(N)=O)cc1. The summed E-state index contributed by atoms with van der Waals surface area (Å²) in [4.78, 5) is 13.3. The molecule has 1 aromatic carbocycles. The predicted molar refractivity (Wildman–Crippen MR) is 84.7 cm³/mol. The van der Waals surface area contributed by atoms with Gasteiger partial charge in [-0.1, -0.05) is 19.1 Å². The minimum absolute atomic E-state index is 0.430. The Morgan fingerprint density at radius 2 is 1.85 bits per heavy atom. The van der Waals surface area contributed by atoms with E-state index in [1.807, 2.05) is 0 Å². The molecule has 1 aromatic rings. The van der Waals surface area contributed by atoms with Crippen LogP contribution in [0.25, 0.3) is 0 Å². The van der Waals surface area contributed by atoms with Crippen LogP contribution in [-0.4, -0.2) is 25.0 Å². The number of carbonyl (C=O) groups is 1. The standard InChI is InChI=1S/C16H27N3O/c1-4-13-7-9-14(10-8-13)19(3)12-6-5-11-16(2,18)15(17)20/h7-10H,4-6,11-12,18H2,1-3H3,(H2,17,20). The van der Waals surface area contributed by atoms with Crippen molar-refractivity contribution in [1.29, 1.82) is 0 Å². The van der Waals surface area contributed by atoms with Crippen molar-refractivity contribution in [3.05, 3.63) is 29.8 Å². The molecular weight excluding hydrogens is 250 g/mol. The summed E-state index contributed by atoms with van der Waals surface area (Å²) < 4.78 is 0. The summed E-state index contributed by atoms with van der Waals surface area (Å²) in [5.41, 5.74) is 12.8. The van der Waals surface area contributed by atoms with Gasteiger partial charge in [0.2, 0.25) is 5.91 Å². The topological polar surface area (TPSA) is 72.3 Å². The van der Waals surface area contributed by atoms with Crippen molar-refractivity contribution in [3.8, 4) is 0 Å². The number of nitrogens with zero attached hydrogens (tertiary/aromatic N) is 1. The van der Waals surface area contributed by atoms with E-state index in [4.69, 9.17) is 11.5 Å². The molecule has 0 bridgehead atoms. The van der Waals surface area contributed by atoms with Crippen LogP contribution in [0.3, 0.4) is 0 Å². The first-order valence-electron chi connectivity index (χ1n) is 7.25. The van der Waals surface area contributed by atoms with E-state index >= 15 is 0 Å². The first kappa shape index (κ1) is 16.5. The molecule has 0 saturated carbocycles. The third kappa shape index (κ3) is 4.85. The smallest absolute Gasteiger partial charge is 0.237 e. The molecule has 1 amide bonds. The second-order valence-electron chi connectivity index (χ2n) is 5.68. The lowest BCUT2D eigenvalue weighted by Crippen LogP contribution is -2.49. The number of carbonyl (C=O) groups excluding carboxylic acids is 1. The molecule has 1 rings (SSSR count). The monoisotopic (exact) mass is 277 g/mol. The molecule has 4 N–H and O–H groups in total. The highest BCUT2D eigenvalue weighted by atomic mass is 16.1. The van der Waals surface area contributed by atoms with E-state index in [-0.39, 0.29) is 0 Å². The Bertz CT molecular complexity index is 426. The van der Waals surface area contributed by atoms with Gasteiger partial charge in [0, 0.05) is 19.3 Å². The molecule has 0 aliphatic rings. The Kier molecular flexibility index (Phi) is 6.02. The van der Waals surface area contributed by atoms with Gasteiger partial charge in [-0.3, -0.25) is 4.79 Å². The molecule has 20 heavy (non-hydrogen) atoms. The van der Waals surface area contributed by atoms with E-state index in [1.54, 1.807) is 6.92 Å². The zero-order valence-electron chi connectivity index (χ0n) is 12.9. The number of nitrogens with two attached hydrogens (primary N) is 2. The Balaban J connectivity index is 2.36. The molecule has 0 heterocycles. The van der Waals surface area contributed by atoms with Crippen LogP contribution in [0.15, 0.2) is 24.3 Å². The highest BCUT2D eigenvalue weighted by Crippen LogP contribution is 2.16. The highest BCUT2D eigenvalue weighted by molar-refractivity contribution is 5.83. The van der Waals surface area contributed by atoms with Crippen molar-refractivity contribution in [3.63, 3.8) is 0 Å². The lowest BCUT2D eigenvalue weighted by Gasteiger charge is -2.22. The maximum Gasteiger partial charge on any atom is 0.237 e. The molecule has 4 heteroatoms. The first-order valence-corrected chi connectivity index (χ1v) is 7.25. The van der Waals surface area contributed by atoms with Crippen molar-refractivity contribution < 1.29 is 4.79 Å². The van der Waals surface area contributed by atoms with Gasteiger partial charge in [-0.15, -0.1) is 0 Å². The molecule has 112 valence electrons. The normalized spacial score (nSPS) is 13.8. The molecule has 4 nitrogen and oxygen atoms in total. The van der Waals surface area contributed by atoms with E-state index < -0.39 is 11.4 Å². The average Bonchev–Trinajstić information content (AvgIpc) is 2.43. The average molecular weight is 277 g/mol. The number of unbranched alkanes of at least 4 members (excludes halogenated alkanes) is 1. The molecule has 0 aliphatic carbocycles. The number of primary amides is 1.